The largest absolute Gasteiger partial charge is 0.383 e. The van der Waals surface area contributed by atoms with Gasteiger partial charge < -0.3 is 20.3 Å². The van der Waals surface area contributed by atoms with Gasteiger partial charge >= 0.3 is 0 Å². The second-order valence-electron chi connectivity index (χ2n) is 7.83. The van der Waals surface area contributed by atoms with Gasteiger partial charge in [-0.15, -0.1) is 24.0 Å². The summed E-state index contributed by atoms with van der Waals surface area (Å²) < 4.78 is 5.14. The molecule has 1 fully saturated rings. The fourth-order valence-electron chi connectivity index (χ4n) is 3.94. The van der Waals surface area contributed by atoms with E-state index in [1.807, 2.05) is 12.1 Å². The van der Waals surface area contributed by atoms with Crippen LogP contribution in [0.2, 0.25) is 5.02 Å². The summed E-state index contributed by atoms with van der Waals surface area (Å²) in [6.45, 7) is 8.37. The minimum atomic E-state index is 0. The summed E-state index contributed by atoms with van der Waals surface area (Å²) in [5.74, 6) is 1.37. The van der Waals surface area contributed by atoms with Crippen LogP contribution >= 0.6 is 35.6 Å². The first-order valence-corrected chi connectivity index (χ1v) is 11.1. The number of piperidine rings is 1. The van der Waals surface area contributed by atoms with Crippen LogP contribution in [-0.2, 0) is 4.74 Å². The van der Waals surface area contributed by atoms with Gasteiger partial charge in [0.15, 0.2) is 5.96 Å². The first-order valence-electron chi connectivity index (χ1n) is 10.7. The summed E-state index contributed by atoms with van der Waals surface area (Å²) in [4.78, 5) is 9.62. The number of halogens is 2. The van der Waals surface area contributed by atoms with Gasteiger partial charge in [-0.25, -0.2) is 0 Å². The SMILES string of the molecule is CCNC(=NCC1CCCN(C)C1c1cccc(Cl)c1)NCCN(C)CCOC.I. The second-order valence-corrected chi connectivity index (χ2v) is 8.26. The molecule has 0 aliphatic carbocycles. The molecule has 1 heterocycles. The van der Waals surface area contributed by atoms with Crippen molar-refractivity contribution in [1.82, 2.24) is 20.4 Å². The summed E-state index contributed by atoms with van der Waals surface area (Å²) in [5.41, 5.74) is 1.29. The topological polar surface area (TPSA) is 52.1 Å². The average Bonchev–Trinajstić information content (AvgIpc) is 2.70. The van der Waals surface area contributed by atoms with Crippen molar-refractivity contribution in [2.75, 3.05) is 67.1 Å². The van der Waals surface area contributed by atoms with Gasteiger partial charge in [0.25, 0.3) is 0 Å². The summed E-state index contributed by atoms with van der Waals surface area (Å²) >= 11 is 6.26. The van der Waals surface area contributed by atoms with Crippen LogP contribution in [-0.4, -0.2) is 82.8 Å². The highest BCUT2D eigenvalue weighted by Crippen LogP contribution is 2.36. The smallest absolute Gasteiger partial charge is 0.191 e. The van der Waals surface area contributed by atoms with E-state index in [-0.39, 0.29) is 24.0 Å². The maximum atomic E-state index is 6.26. The van der Waals surface area contributed by atoms with Crippen molar-refractivity contribution in [1.29, 1.82) is 0 Å². The van der Waals surface area contributed by atoms with Gasteiger partial charge in [-0.2, -0.15) is 0 Å². The second kappa shape index (κ2) is 15.2. The van der Waals surface area contributed by atoms with Crippen molar-refractivity contribution in [3.8, 4) is 0 Å². The Kier molecular flexibility index (Phi) is 13.9. The van der Waals surface area contributed by atoms with Gasteiger partial charge in [0.1, 0.15) is 0 Å². The molecule has 0 bridgehead atoms. The van der Waals surface area contributed by atoms with Crippen molar-refractivity contribution in [2.45, 2.75) is 25.8 Å². The molecule has 0 radical (unpaired) electrons. The first-order chi connectivity index (χ1) is 14.0. The number of guanidine groups is 1. The van der Waals surface area contributed by atoms with Crippen LogP contribution < -0.4 is 10.6 Å². The number of methoxy groups -OCH3 is 1. The van der Waals surface area contributed by atoms with E-state index in [4.69, 9.17) is 21.3 Å². The quantitative estimate of drug-likeness (QED) is 0.265. The highest BCUT2D eigenvalue weighted by atomic mass is 127. The van der Waals surface area contributed by atoms with Gasteiger partial charge in [-0.05, 0) is 64.0 Å². The van der Waals surface area contributed by atoms with Crippen molar-refractivity contribution in [3.63, 3.8) is 0 Å². The summed E-state index contributed by atoms with van der Waals surface area (Å²) in [6, 6.07) is 8.64. The molecular weight excluding hydrogens is 513 g/mol. The average molecular weight is 552 g/mol. The zero-order valence-corrected chi connectivity index (χ0v) is 22.0. The Hall–Kier alpha value is -0.610. The lowest BCUT2D eigenvalue weighted by Crippen LogP contribution is -2.42. The molecule has 8 heteroatoms. The lowest BCUT2D eigenvalue weighted by atomic mass is 9.85. The number of likely N-dealkylation sites (tertiary alicyclic amines) is 1. The zero-order chi connectivity index (χ0) is 21.1. The predicted octanol–water partition coefficient (Wildman–Crippen LogP) is 3.47. The van der Waals surface area contributed by atoms with Crippen LogP contribution in [0, 0.1) is 5.92 Å². The van der Waals surface area contributed by atoms with E-state index in [2.05, 4.69) is 53.6 Å². The molecule has 6 nitrogen and oxygen atoms in total. The Morgan fingerprint density at radius 3 is 2.83 bits per heavy atom. The van der Waals surface area contributed by atoms with Gasteiger partial charge in [0.05, 0.1) is 6.61 Å². The normalized spacial score (nSPS) is 20.1. The van der Waals surface area contributed by atoms with E-state index in [0.29, 0.717) is 12.0 Å². The minimum absolute atomic E-state index is 0. The zero-order valence-electron chi connectivity index (χ0n) is 18.9. The Morgan fingerprint density at radius 2 is 2.13 bits per heavy atom. The highest BCUT2D eigenvalue weighted by Gasteiger charge is 2.30. The maximum Gasteiger partial charge on any atom is 0.191 e. The van der Waals surface area contributed by atoms with Gasteiger partial charge in [0, 0.05) is 50.9 Å². The highest BCUT2D eigenvalue weighted by molar-refractivity contribution is 14.0. The van der Waals surface area contributed by atoms with Gasteiger partial charge in [-0.1, -0.05) is 23.7 Å². The molecule has 1 aliphatic rings. The number of ether oxygens (including phenoxy) is 1. The van der Waals surface area contributed by atoms with E-state index >= 15 is 0 Å². The van der Waals surface area contributed by atoms with E-state index in [1.54, 1.807) is 7.11 Å². The Labute approximate surface area is 204 Å². The molecular formula is C22H39ClIN5O. The third-order valence-electron chi connectivity index (χ3n) is 5.49. The number of benzene rings is 1. The molecule has 1 aromatic carbocycles. The monoisotopic (exact) mass is 551 g/mol. The molecule has 0 amide bonds. The van der Waals surface area contributed by atoms with E-state index in [9.17, 15) is 0 Å². The lowest BCUT2D eigenvalue weighted by Gasteiger charge is -2.39. The fraction of sp³-hybridized carbons (Fsp3) is 0.682. The lowest BCUT2D eigenvalue weighted by molar-refractivity contribution is 0.125. The number of nitrogens with zero attached hydrogens (tertiary/aromatic N) is 3. The Morgan fingerprint density at radius 1 is 1.33 bits per heavy atom. The van der Waals surface area contributed by atoms with Crippen LogP contribution in [0.1, 0.15) is 31.4 Å². The molecule has 1 aliphatic heterocycles. The molecule has 0 spiro atoms. The van der Waals surface area contributed by atoms with E-state index < -0.39 is 0 Å². The van der Waals surface area contributed by atoms with Gasteiger partial charge in [-0.3, -0.25) is 9.89 Å². The molecule has 0 saturated carbocycles. The number of hydrogen-bond acceptors (Lipinski definition) is 4. The Balaban J connectivity index is 0.00000450. The molecule has 2 N–H and O–H groups in total. The number of nitrogens with one attached hydrogen (secondary N) is 2. The molecule has 1 saturated heterocycles. The van der Waals surface area contributed by atoms with Crippen molar-refractivity contribution in [2.24, 2.45) is 10.9 Å². The third-order valence-corrected chi connectivity index (χ3v) is 5.72. The van der Waals surface area contributed by atoms with Crippen LogP contribution in [0.25, 0.3) is 0 Å². The molecule has 0 aromatic heterocycles. The predicted molar refractivity (Wildman–Crippen MR) is 138 cm³/mol. The van der Waals surface area contributed by atoms with Crippen molar-refractivity contribution < 1.29 is 4.74 Å². The molecule has 2 atom stereocenters. The number of likely N-dealkylation sites (N-methyl/N-ethyl adjacent to an activating group) is 1. The van der Waals surface area contributed by atoms with Crippen LogP contribution in [0.5, 0.6) is 0 Å². The minimum Gasteiger partial charge on any atom is -0.383 e. The molecule has 30 heavy (non-hydrogen) atoms. The standard InChI is InChI=1S/C22H38ClN5O.HI/c1-5-24-22(25-11-13-27(2)14-15-29-4)26-17-19-9-7-12-28(3)21(19)18-8-6-10-20(23)16-18;/h6,8,10,16,19,21H,5,7,9,11-15,17H2,1-4H3,(H2,24,25,26);1H. The van der Waals surface area contributed by atoms with Crippen LogP contribution in [0.4, 0.5) is 0 Å². The Bertz CT molecular complexity index is 633. The number of rotatable bonds is 10. The first kappa shape index (κ1) is 27.4. The van der Waals surface area contributed by atoms with E-state index in [0.717, 1.165) is 56.9 Å². The summed E-state index contributed by atoms with van der Waals surface area (Å²) in [5, 5.41) is 7.64. The summed E-state index contributed by atoms with van der Waals surface area (Å²) in [7, 11) is 6.06. The number of aliphatic imine (C=N–C) groups is 1. The van der Waals surface area contributed by atoms with Crippen molar-refractivity contribution in [3.05, 3.63) is 34.9 Å². The molecule has 2 rings (SSSR count). The van der Waals surface area contributed by atoms with Crippen LogP contribution in [0.3, 0.4) is 0 Å². The third kappa shape index (κ3) is 9.26. The number of hydrogen-bond donors (Lipinski definition) is 2. The molecule has 2 unspecified atom stereocenters. The molecule has 172 valence electrons. The molecule has 1 aromatic rings. The van der Waals surface area contributed by atoms with Crippen LogP contribution in [0.15, 0.2) is 29.3 Å². The summed E-state index contributed by atoms with van der Waals surface area (Å²) in [6.07, 6.45) is 2.40. The van der Waals surface area contributed by atoms with Gasteiger partial charge in [0.2, 0.25) is 0 Å². The maximum absolute atomic E-state index is 6.26. The van der Waals surface area contributed by atoms with Crippen molar-refractivity contribution >= 4 is 41.5 Å². The van der Waals surface area contributed by atoms with E-state index in [1.165, 1.54) is 18.4 Å². The fourth-order valence-corrected chi connectivity index (χ4v) is 4.14.